The Morgan fingerprint density at radius 1 is 0.353 bits per heavy atom. The molecule has 13 rings (SSSR count). The first kappa shape index (κ1) is 39.6. The van der Waals surface area contributed by atoms with E-state index in [9.17, 15) is 0 Å². The van der Waals surface area contributed by atoms with Crippen molar-refractivity contribution in [2.75, 3.05) is 9.80 Å². The molecule has 2 heteroatoms. The Morgan fingerprint density at radius 2 is 0.912 bits per heavy atom. The van der Waals surface area contributed by atoms with Crippen LogP contribution in [0.5, 0.6) is 0 Å². The van der Waals surface area contributed by atoms with Crippen LogP contribution in [0.15, 0.2) is 267 Å². The van der Waals surface area contributed by atoms with Gasteiger partial charge in [-0.15, -0.1) is 0 Å². The molecule has 2 nitrogen and oxygen atoms in total. The van der Waals surface area contributed by atoms with Gasteiger partial charge in [-0.1, -0.05) is 206 Å². The van der Waals surface area contributed by atoms with Gasteiger partial charge >= 0.3 is 0 Å². The lowest BCUT2D eigenvalue weighted by Crippen LogP contribution is -2.29. The summed E-state index contributed by atoms with van der Waals surface area (Å²) < 4.78 is 0. The number of hydrogen-bond acceptors (Lipinski definition) is 2. The van der Waals surface area contributed by atoms with Crippen molar-refractivity contribution < 1.29 is 0 Å². The number of allylic oxidation sites excluding steroid dienone is 2. The van der Waals surface area contributed by atoms with Gasteiger partial charge in [0.1, 0.15) is 0 Å². The highest BCUT2D eigenvalue weighted by Gasteiger charge is 2.38. The normalized spacial score (nSPS) is 15.1. The lowest BCUT2D eigenvalue weighted by Gasteiger charge is -2.30. The first-order valence-corrected chi connectivity index (χ1v) is 23.7. The smallest absolute Gasteiger partial charge is 0.0635 e. The summed E-state index contributed by atoms with van der Waals surface area (Å²) in [4.78, 5) is 4.89. The van der Waals surface area contributed by atoms with Crippen molar-refractivity contribution in [3.63, 3.8) is 0 Å². The first-order chi connectivity index (χ1) is 33.7. The Balaban J connectivity index is 0.863. The van der Waals surface area contributed by atoms with Crippen LogP contribution in [0.2, 0.25) is 0 Å². The maximum atomic E-state index is 2.51. The summed E-state index contributed by atoms with van der Waals surface area (Å²) in [5.74, 6) is 0.296. The van der Waals surface area contributed by atoms with E-state index >= 15 is 0 Å². The SMILES string of the molecule is C1=CC2c3ccccc3N(c3ccccc3)C2C=C1c1ccc(N(c2ccc(-c3cccc(-c4cccc5ccccc45)c3)cc2)c2ccc(-c3cccc4c3ccc3ccccc34)cc2)cc1. The Morgan fingerprint density at radius 3 is 1.68 bits per heavy atom. The van der Waals surface area contributed by atoms with Gasteiger partial charge in [-0.2, -0.15) is 0 Å². The maximum Gasteiger partial charge on any atom is 0.0635 e. The van der Waals surface area contributed by atoms with E-state index in [1.54, 1.807) is 0 Å². The van der Waals surface area contributed by atoms with E-state index < -0.39 is 0 Å². The van der Waals surface area contributed by atoms with Gasteiger partial charge in [0.05, 0.1) is 6.04 Å². The summed E-state index contributed by atoms with van der Waals surface area (Å²) in [6, 6.07) is 91.2. The average molecular weight is 867 g/mol. The topological polar surface area (TPSA) is 6.48 Å². The lowest BCUT2D eigenvalue weighted by molar-refractivity contribution is 0.747. The summed E-state index contributed by atoms with van der Waals surface area (Å²) in [7, 11) is 0. The minimum Gasteiger partial charge on any atom is -0.333 e. The molecule has 11 aromatic rings. The Hall–Kier alpha value is -8.72. The van der Waals surface area contributed by atoms with Crippen LogP contribution in [0.1, 0.15) is 17.0 Å². The molecule has 0 aromatic heterocycles. The van der Waals surface area contributed by atoms with Crippen LogP contribution < -0.4 is 9.80 Å². The van der Waals surface area contributed by atoms with Gasteiger partial charge in [-0.25, -0.2) is 0 Å². The van der Waals surface area contributed by atoms with Crippen LogP contribution >= 0.6 is 0 Å². The highest BCUT2D eigenvalue weighted by molar-refractivity contribution is 6.12. The number of benzene rings is 11. The number of para-hydroxylation sites is 2. The van der Waals surface area contributed by atoms with Crippen molar-refractivity contribution in [3.05, 3.63) is 278 Å². The van der Waals surface area contributed by atoms with Crippen molar-refractivity contribution in [2.45, 2.75) is 12.0 Å². The van der Waals surface area contributed by atoms with Crippen molar-refractivity contribution in [1.82, 2.24) is 0 Å². The van der Waals surface area contributed by atoms with Gasteiger partial charge in [0.25, 0.3) is 0 Å². The molecule has 68 heavy (non-hydrogen) atoms. The van der Waals surface area contributed by atoms with Gasteiger partial charge in [-0.3, -0.25) is 0 Å². The fourth-order valence-electron chi connectivity index (χ4n) is 10.9. The van der Waals surface area contributed by atoms with Crippen LogP contribution in [-0.4, -0.2) is 6.04 Å². The summed E-state index contributed by atoms with van der Waals surface area (Å²) in [5.41, 5.74) is 16.9. The van der Waals surface area contributed by atoms with Crippen LogP contribution in [0.25, 0.3) is 71.3 Å². The van der Waals surface area contributed by atoms with Crippen LogP contribution in [0, 0.1) is 0 Å². The third-order valence-corrected chi connectivity index (χ3v) is 14.2. The molecule has 2 aliphatic rings. The van der Waals surface area contributed by atoms with Crippen molar-refractivity contribution in [1.29, 1.82) is 0 Å². The fourth-order valence-corrected chi connectivity index (χ4v) is 10.9. The predicted octanol–water partition coefficient (Wildman–Crippen LogP) is 17.9. The first-order valence-electron chi connectivity index (χ1n) is 23.7. The van der Waals surface area contributed by atoms with Crippen molar-refractivity contribution in [3.8, 4) is 33.4 Å². The summed E-state index contributed by atoms with van der Waals surface area (Å²) in [5, 5.41) is 7.60. The quantitative estimate of drug-likeness (QED) is 0.140. The number of nitrogens with zero attached hydrogens (tertiary/aromatic N) is 2. The number of rotatable bonds is 8. The van der Waals surface area contributed by atoms with E-state index in [0.29, 0.717) is 5.92 Å². The maximum absolute atomic E-state index is 2.51. The molecule has 0 amide bonds. The molecule has 0 saturated heterocycles. The second-order valence-corrected chi connectivity index (χ2v) is 18.0. The molecule has 0 bridgehead atoms. The monoisotopic (exact) mass is 866 g/mol. The number of hydrogen-bond donors (Lipinski definition) is 0. The van der Waals surface area contributed by atoms with Gasteiger partial charge in [0.2, 0.25) is 0 Å². The zero-order valence-corrected chi connectivity index (χ0v) is 37.5. The molecule has 2 atom stereocenters. The molecule has 320 valence electrons. The minimum absolute atomic E-state index is 0.191. The summed E-state index contributed by atoms with van der Waals surface area (Å²) in [6.45, 7) is 0. The summed E-state index contributed by atoms with van der Waals surface area (Å²) in [6.07, 6.45) is 7.19. The molecule has 0 fully saturated rings. The Kier molecular flexibility index (Phi) is 9.68. The molecule has 0 saturated carbocycles. The van der Waals surface area contributed by atoms with E-state index in [0.717, 1.165) is 17.1 Å². The third-order valence-electron chi connectivity index (χ3n) is 14.2. The third kappa shape index (κ3) is 6.89. The molecular formula is C66H46N2. The molecule has 1 heterocycles. The molecule has 0 radical (unpaired) electrons. The number of fused-ring (bicyclic) bond motifs is 7. The highest BCUT2D eigenvalue weighted by atomic mass is 15.2. The Labute approximate surface area is 397 Å². The zero-order chi connectivity index (χ0) is 45.0. The molecule has 11 aromatic carbocycles. The summed E-state index contributed by atoms with van der Waals surface area (Å²) >= 11 is 0. The lowest BCUT2D eigenvalue weighted by atomic mass is 9.87. The molecular weight excluding hydrogens is 821 g/mol. The van der Waals surface area contributed by atoms with E-state index in [1.165, 1.54) is 93.8 Å². The van der Waals surface area contributed by atoms with Crippen LogP contribution in [-0.2, 0) is 0 Å². The van der Waals surface area contributed by atoms with Gasteiger partial charge in [0, 0.05) is 34.4 Å². The molecule has 0 N–H and O–H groups in total. The standard InChI is InChI=1S/C66H46N2/c1-2-18-53(19-3-1)68-65-26-9-8-22-63(65)64-42-34-51(44-66(64)68)46-29-37-55(38-30-46)67(56-39-31-49(32-40-56)59-24-12-25-61-58-21-7-5-14-48(58)33-41-62(59)61)54-35-27-45(28-36-54)50-16-10-17-52(43-50)60-23-11-15-47-13-4-6-20-57(47)60/h1-44,64,66H. The molecule has 1 aliphatic carbocycles. The second kappa shape index (κ2) is 16.6. The fraction of sp³-hybridized carbons (Fsp3) is 0.0303. The highest BCUT2D eigenvalue weighted by Crippen LogP contribution is 2.49. The molecule has 1 aliphatic heterocycles. The minimum atomic E-state index is 0.191. The van der Waals surface area contributed by atoms with Gasteiger partial charge < -0.3 is 9.80 Å². The Bertz CT molecular complexity index is 3730. The largest absolute Gasteiger partial charge is 0.333 e. The van der Waals surface area contributed by atoms with E-state index in [2.05, 4.69) is 277 Å². The number of anilines is 5. The molecule has 2 unspecified atom stereocenters. The molecule has 0 spiro atoms. The second-order valence-electron chi connectivity index (χ2n) is 18.0. The van der Waals surface area contributed by atoms with E-state index in [4.69, 9.17) is 0 Å². The van der Waals surface area contributed by atoms with Crippen LogP contribution in [0.4, 0.5) is 28.4 Å². The van der Waals surface area contributed by atoms with Gasteiger partial charge in [0.15, 0.2) is 0 Å². The average Bonchev–Trinajstić information content (AvgIpc) is 3.75. The van der Waals surface area contributed by atoms with Crippen molar-refractivity contribution in [2.24, 2.45) is 0 Å². The zero-order valence-electron chi connectivity index (χ0n) is 37.5. The van der Waals surface area contributed by atoms with Crippen LogP contribution in [0.3, 0.4) is 0 Å². The van der Waals surface area contributed by atoms with Gasteiger partial charge in [-0.05, 0) is 143 Å². The van der Waals surface area contributed by atoms with E-state index in [1.807, 2.05) is 0 Å². The predicted molar refractivity (Wildman–Crippen MR) is 289 cm³/mol. The van der Waals surface area contributed by atoms with Crippen molar-refractivity contribution >= 4 is 66.3 Å². The van der Waals surface area contributed by atoms with E-state index in [-0.39, 0.29) is 6.04 Å².